The van der Waals surface area contributed by atoms with Crippen molar-refractivity contribution in [3.8, 4) is 0 Å². The van der Waals surface area contributed by atoms with Crippen molar-refractivity contribution >= 4 is 5.91 Å². The average Bonchev–Trinajstić information content (AvgIpc) is 2.24. The van der Waals surface area contributed by atoms with Crippen LogP contribution in [0.4, 0.5) is 13.2 Å². The molecule has 0 aromatic carbocycles. The van der Waals surface area contributed by atoms with Gasteiger partial charge in [0.15, 0.2) is 0 Å². The van der Waals surface area contributed by atoms with Crippen LogP contribution in [0.1, 0.15) is 33.1 Å². The van der Waals surface area contributed by atoms with Crippen LogP contribution in [0.5, 0.6) is 0 Å². The summed E-state index contributed by atoms with van der Waals surface area (Å²) in [7, 11) is 0. The second-order valence-electron chi connectivity index (χ2n) is 5.31. The highest BCUT2D eigenvalue weighted by Gasteiger charge is 2.35. The van der Waals surface area contributed by atoms with Gasteiger partial charge in [-0.05, 0) is 26.7 Å². The van der Waals surface area contributed by atoms with Gasteiger partial charge in [-0.15, -0.1) is 0 Å². The molecule has 0 fully saturated rings. The van der Waals surface area contributed by atoms with E-state index in [1.165, 1.54) is 4.90 Å². The average molecular weight is 264 g/mol. The van der Waals surface area contributed by atoms with E-state index < -0.39 is 17.3 Å². The van der Waals surface area contributed by atoms with E-state index in [1.807, 2.05) is 13.8 Å². The molecule has 0 bridgehead atoms. The Hall–Kier alpha value is -1.04. The smallest absolute Gasteiger partial charge is 0.339 e. The van der Waals surface area contributed by atoms with Gasteiger partial charge in [0.25, 0.3) is 0 Å². The Bertz CT molecular complexity index is 342. The Morgan fingerprint density at radius 2 is 2.06 bits per heavy atom. The Kier molecular flexibility index (Phi) is 4.42. The summed E-state index contributed by atoms with van der Waals surface area (Å²) in [6.45, 7) is 3.81. The monoisotopic (exact) mass is 264 g/mol. The van der Waals surface area contributed by atoms with Gasteiger partial charge in [-0.1, -0.05) is 6.08 Å². The molecule has 2 N–H and O–H groups in total. The first-order valence-electron chi connectivity index (χ1n) is 5.92. The first-order chi connectivity index (χ1) is 8.09. The largest absolute Gasteiger partial charge is 0.412 e. The van der Waals surface area contributed by atoms with E-state index in [-0.39, 0.29) is 31.8 Å². The molecule has 1 rings (SSSR count). The summed E-state index contributed by atoms with van der Waals surface area (Å²) in [4.78, 5) is 13.2. The van der Waals surface area contributed by atoms with Crippen molar-refractivity contribution in [1.82, 2.24) is 4.90 Å². The standard InChI is InChI=1S/C12H19F3N2O/c1-11(2,16)6-3-10(18)17-7-4-9(5-8-17)12(13,14)15/h4H,3,5-8,16H2,1-2H3. The molecule has 0 saturated carbocycles. The van der Waals surface area contributed by atoms with Crippen molar-refractivity contribution in [1.29, 1.82) is 0 Å². The molecule has 3 nitrogen and oxygen atoms in total. The maximum absolute atomic E-state index is 12.4. The molecule has 1 aliphatic rings. The lowest BCUT2D eigenvalue weighted by Gasteiger charge is -2.28. The third-order valence-electron chi connectivity index (χ3n) is 2.91. The molecule has 0 aromatic heterocycles. The molecule has 0 spiro atoms. The summed E-state index contributed by atoms with van der Waals surface area (Å²) in [5, 5.41) is 0. The SMILES string of the molecule is CC(C)(N)CCC(=O)N1CC=C(C(F)(F)F)CC1. The molecule has 1 aliphatic heterocycles. The van der Waals surface area contributed by atoms with E-state index >= 15 is 0 Å². The van der Waals surface area contributed by atoms with Crippen LogP contribution >= 0.6 is 0 Å². The lowest BCUT2D eigenvalue weighted by atomic mass is 9.99. The minimum Gasteiger partial charge on any atom is -0.339 e. The predicted molar refractivity (Wildman–Crippen MR) is 62.8 cm³/mol. The first kappa shape index (κ1) is 15.0. The lowest BCUT2D eigenvalue weighted by Crippen LogP contribution is -2.39. The zero-order chi connectivity index (χ0) is 14.0. The molecular weight excluding hydrogens is 245 g/mol. The molecule has 0 unspecified atom stereocenters. The number of rotatable bonds is 3. The van der Waals surface area contributed by atoms with Crippen LogP contribution in [0.15, 0.2) is 11.6 Å². The number of carbonyl (C=O) groups excluding carboxylic acids is 1. The number of hydrogen-bond acceptors (Lipinski definition) is 2. The maximum atomic E-state index is 12.4. The molecule has 0 aromatic rings. The van der Waals surface area contributed by atoms with Crippen molar-refractivity contribution in [2.75, 3.05) is 13.1 Å². The highest BCUT2D eigenvalue weighted by atomic mass is 19.4. The van der Waals surface area contributed by atoms with Crippen LogP contribution < -0.4 is 5.73 Å². The number of nitrogens with two attached hydrogens (primary N) is 1. The van der Waals surface area contributed by atoms with E-state index in [9.17, 15) is 18.0 Å². The van der Waals surface area contributed by atoms with Crippen LogP contribution in [-0.2, 0) is 4.79 Å². The Morgan fingerprint density at radius 3 is 2.44 bits per heavy atom. The van der Waals surface area contributed by atoms with Crippen molar-refractivity contribution in [3.63, 3.8) is 0 Å². The summed E-state index contributed by atoms with van der Waals surface area (Å²) in [5.41, 5.74) is 4.79. The molecule has 0 radical (unpaired) electrons. The van der Waals surface area contributed by atoms with Gasteiger partial charge < -0.3 is 10.6 Å². The molecule has 1 heterocycles. The zero-order valence-corrected chi connectivity index (χ0v) is 10.7. The fourth-order valence-electron chi connectivity index (χ4n) is 1.74. The summed E-state index contributed by atoms with van der Waals surface area (Å²) in [5.74, 6) is -0.133. The van der Waals surface area contributed by atoms with E-state index in [0.717, 1.165) is 6.08 Å². The van der Waals surface area contributed by atoms with E-state index in [2.05, 4.69) is 0 Å². The first-order valence-corrected chi connectivity index (χ1v) is 5.92. The summed E-state index contributed by atoms with van der Waals surface area (Å²) >= 11 is 0. The van der Waals surface area contributed by atoms with Crippen molar-refractivity contribution in [2.24, 2.45) is 5.73 Å². The number of halogens is 3. The highest BCUT2D eigenvalue weighted by molar-refractivity contribution is 5.76. The maximum Gasteiger partial charge on any atom is 0.412 e. The number of nitrogens with zero attached hydrogens (tertiary/aromatic N) is 1. The van der Waals surface area contributed by atoms with Gasteiger partial charge in [0, 0.05) is 30.6 Å². The fourth-order valence-corrected chi connectivity index (χ4v) is 1.74. The predicted octanol–water partition coefficient (Wildman–Crippen LogP) is 2.22. The molecule has 1 amide bonds. The number of alkyl halides is 3. The molecule has 0 saturated heterocycles. The van der Waals surface area contributed by atoms with Crippen molar-refractivity contribution in [3.05, 3.63) is 11.6 Å². The second-order valence-corrected chi connectivity index (χ2v) is 5.31. The van der Waals surface area contributed by atoms with Gasteiger partial charge in [0.2, 0.25) is 5.91 Å². The molecule has 0 aliphatic carbocycles. The molecule has 18 heavy (non-hydrogen) atoms. The zero-order valence-electron chi connectivity index (χ0n) is 10.7. The minimum absolute atomic E-state index is 0.0404. The van der Waals surface area contributed by atoms with E-state index in [1.54, 1.807) is 0 Å². The van der Waals surface area contributed by atoms with Crippen molar-refractivity contribution in [2.45, 2.75) is 44.8 Å². The van der Waals surface area contributed by atoms with Gasteiger partial charge >= 0.3 is 6.18 Å². The summed E-state index contributed by atoms with van der Waals surface area (Å²) in [6, 6.07) is 0. The summed E-state index contributed by atoms with van der Waals surface area (Å²) in [6.07, 6.45) is -2.50. The number of carbonyl (C=O) groups is 1. The van der Waals surface area contributed by atoms with Crippen LogP contribution in [0.3, 0.4) is 0 Å². The van der Waals surface area contributed by atoms with Gasteiger partial charge in [-0.25, -0.2) is 0 Å². The van der Waals surface area contributed by atoms with Crippen LogP contribution in [-0.4, -0.2) is 35.6 Å². The topological polar surface area (TPSA) is 46.3 Å². The Labute approximate surface area is 105 Å². The van der Waals surface area contributed by atoms with Crippen LogP contribution in [0, 0.1) is 0 Å². The second kappa shape index (κ2) is 5.30. The van der Waals surface area contributed by atoms with Gasteiger partial charge in [-0.2, -0.15) is 13.2 Å². The molecule has 6 heteroatoms. The van der Waals surface area contributed by atoms with Gasteiger partial charge in [0.1, 0.15) is 0 Å². The van der Waals surface area contributed by atoms with Gasteiger partial charge in [0.05, 0.1) is 0 Å². The Balaban J connectivity index is 2.48. The van der Waals surface area contributed by atoms with E-state index in [0.29, 0.717) is 6.42 Å². The number of hydrogen-bond donors (Lipinski definition) is 1. The highest BCUT2D eigenvalue weighted by Crippen LogP contribution is 2.30. The number of amides is 1. The summed E-state index contributed by atoms with van der Waals surface area (Å²) < 4.78 is 37.2. The third kappa shape index (κ3) is 4.68. The minimum atomic E-state index is -4.27. The van der Waals surface area contributed by atoms with Gasteiger partial charge in [-0.3, -0.25) is 4.79 Å². The lowest BCUT2D eigenvalue weighted by molar-refractivity contribution is -0.132. The fraction of sp³-hybridized carbons (Fsp3) is 0.750. The van der Waals surface area contributed by atoms with Crippen LogP contribution in [0.25, 0.3) is 0 Å². The normalized spacial score (nSPS) is 17.7. The molecule has 0 atom stereocenters. The van der Waals surface area contributed by atoms with E-state index in [4.69, 9.17) is 5.73 Å². The Morgan fingerprint density at radius 1 is 1.44 bits per heavy atom. The van der Waals surface area contributed by atoms with Crippen LogP contribution in [0.2, 0.25) is 0 Å². The quantitative estimate of drug-likeness (QED) is 0.794. The molecular formula is C12H19F3N2O. The third-order valence-corrected chi connectivity index (χ3v) is 2.91. The van der Waals surface area contributed by atoms with Crippen molar-refractivity contribution < 1.29 is 18.0 Å². The molecule has 104 valence electrons.